The van der Waals surface area contributed by atoms with Gasteiger partial charge in [-0.25, -0.2) is 9.78 Å². The van der Waals surface area contributed by atoms with Crippen LogP contribution >= 0.6 is 0 Å². The van der Waals surface area contributed by atoms with Gasteiger partial charge in [0.15, 0.2) is 0 Å². The van der Waals surface area contributed by atoms with E-state index in [1.807, 2.05) is 0 Å². The molecule has 13 N–H and O–H groups in total. The number of nitrogens with zero attached hydrogens (tertiary/aromatic N) is 4. The van der Waals surface area contributed by atoms with Gasteiger partial charge in [0.05, 0.1) is 44.7 Å². The number of aliphatic hydroxyl groups excluding tert-OH is 2. The number of amides is 10. The van der Waals surface area contributed by atoms with E-state index < -0.39 is 146 Å². The Bertz CT molecular complexity index is 2050. The van der Waals surface area contributed by atoms with E-state index in [9.17, 15) is 68.1 Å². The fourth-order valence-corrected chi connectivity index (χ4v) is 8.09. The minimum atomic E-state index is -1.58. The molecular weight excluding hydrogens is 911 g/mol. The lowest BCUT2D eigenvalue weighted by Gasteiger charge is -2.31. The highest BCUT2D eigenvalue weighted by molar-refractivity contribution is 5.98. The molecule has 3 aliphatic heterocycles. The molecule has 3 fully saturated rings. The molecule has 0 saturated carbocycles. The van der Waals surface area contributed by atoms with Gasteiger partial charge in [-0.1, -0.05) is 13.8 Å². The smallest absolute Gasteiger partial charge is 0.326 e. The van der Waals surface area contributed by atoms with Crippen LogP contribution in [0.5, 0.6) is 0 Å². The Morgan fingerprint density at radius 2 is 1.25 bits per heavy atom. The zero-order chi connectivity index (χ0) is 51.1. The Morgan fingerprint density at radius 3 is 1.80 bits per heavy atom. The van der Waals surface area contributed by atoms with Crippen molar-refractivity contribution >= 4 is 65.0 Å². The van der Waals surface area contributed by atoms with Crippen LogP contribution in [0.4, 0.5) is 0 Å². The Labute approximate surface area is 397 Å². The zero-order valence-electron chi connectivity index (χ0n) is 39.0. The van der Waals surface area contributed by atoms with Crippen molar-refractivity contribution in [3.63, 3.8) is 0 Å². The number of hydrogen-bond acceptors (Lipinski definition) is 15. The van der Waals surface area contributed by atoms with Gasteiger partial charge < -0.3 is 78.0 Å². The Morgan fingerprint density at radius 1 is 0.696 bits per heavy atom. The number of imidazole rings is 1. The summed E-state index contributed by atoms with van der Waals surface area (Å²) in [6.07, 6.45) is 3.21. The van der Waals surface area contributed by atoms with Crippen molar-refractivity contribution in [1.29, 1.82) is 0 Å². The van der Waals surface area contributed by atoms with Crippen LogP contribution in [0.25, 0.3) is 0 Å². The molecule has 10 amide bonds. The summed E-state index contributed by atoms with van der Waals surface area (Å²) >= 11 is 0. The second-order valence-corrected chi connectivity index (χ2v) is 17.5. The van der Waals surface area contributed by atoms with Crippen LogP contribution < -0.4 is 43.0 Å². The molecule has 0 bridgehead atoms. The zero-order valence-corrected chi connectivity index (χ0v) is 39.0. The first-order chi connectivity index (χ1) is 32.6. The van der Waals surface area contributed by atoms with Gasteiger partial charge in [0.2, 0.25) is 59.1 Å². The summed E-state index contributed by atoms with van der Waals surface area (Å²) in [7, 11) is 0. The number of nitrogens with one attached hydrogen (secondary N) is 8. The highest BCUT2D eigenvalue weighted by Gasteiger charge is 2.43. The summed E-state index contributed by atoms with van der Waals surface area (Å²) in [4.78, 5) is 153. The largest absolute Gasteiger partial charge is 0.480 e. The number of carbonyl (C=O) groups excluding carboxylic acids is 10. The lowest BCUT2D eigenvalue weighted by molar-refractivity contribution is -0.146. The van der Waals surface area contributed by atoms with Crippen molar-refractivity contribution in [3.05, 3.63) is 18.2 Å². The molecule has 0 aromatic carbocycles. The lowest BCUT2D eigenvalue weighted by Crippen LogP contribution is -2.58. The van der Waals surface area contributed by atoms with E-state index in [0.717, 1.165) is 0 Å². The SMILES string of the molecule is CC(C)[C@H](N)C(=O)N[C@@H](CO)C(=O)NCC(=O)N1CCC[C@H]1C(=O)N[C@@H](C)C(=O)NCC(=O)N1CCC[C@H]1C(=O)N1CCC[C@H]1C(=O)NCC(=O)N[C@H](C(=O)N[C@@H](Cc1cnc[nH]1)C(=O)O)[C@@H](C)O. The van der Waals surface area contributed by atoms with Gasteiger partial charge in [0, 0.05) is 37.9 Å². The molecule has 0 aliphatic carbocycles. The summed E-state index contributed by atoms with van der Waals surface area (Å²) < 4.78 is 0. The van der Waals surface area contributed by atoms with Crippen LogP contribution in [0.1, 0.15) is 71.9 Å². The summed E-state index contributed by atoms with van der Waals surface area (Å²) in [5.74, 6) is -8.77. The molecule has 9 atom stereocenters. The first-order valence-electron chi connectivity index (χ1n) is 22.8. The van der Waals surface area contributed by atoms with Crippen LogP contribution in [-0.2, 0) is 59.2 Å². The number of nitrogens with two attached hydrogens (primary N) is 1. The summed E-state index contributed by atoms with van der Waals surface area (Å²) in [5, 5.41) is 46.2. The van der Waals surface area contributed by atoms with Gasteiger partial charge in [0.1, 0.15) is 42.3 Å². The lowest BCUT2D eigenvalue weighted by atomic mass is 10.0. The quantitative estimate of drug-likeness (QED) is 0.0485. The number of aliphatic carboxylic acids is 1. The molecule has 0 spiro atoms. The molecular formula is C42H65N13O14. The van der Waals surface area contributed by atoms with Gasteiger partial charge in [-0.05, 0) is 58.3 Å². The number of carboxylic acids is 1. The Balaban J connectivity index is 1.23. The van der Waals surface area contributed by atoms with Crippen molar-refractivity contribution in [3.8, 4) is 0 Å². The van der Waals surface area contributed by atoms with Crippen molar-refractivity contribution in [2.45, 2.75) is 127 Å². The van der Waals surface area contributed by atoms with E-state index in [1.165, 1.54) is 41.1 Å². The summed E-state index contributed by atoms with van der Waals surface area (Å²) in [5.41, 5.74) is 6.21. The van der Waals surface area contributed by atoms with Crippen molar-refractivity contribution in [2.24, 2.45) is 11.7 Å². The number of aliphatic hydroxyl groups is 2. The van der Waals surface area contributed by atoms with Gasteiger partial charge in [-0.15, -0.1) is 0 Å². The highest BCUT2D eigenvalue weighted by Crippen LogP contribution is 2.25. The topological polar surface area (TPSA) is 397 Å². The minimum Gasteiger partial charge on any atom is -0.480 e. The second kappa shape index (κ2) is 25.6. The molecule has 3 saturated heterocycles. The number of aromatic nitrogens is 2. The van der Waals surface area contributed by atoms with E-state index in [4.69, 9.17) is 5.73 Å². The molecule has 4 heterocycles. The van der Waals surface area contributed by atoms with Crippen LogP contribution in [0.2, 0.25) is 0 Å². The predicted octanol–water partition coefficient (Wildman–Crippen LogP) is -6.33. The maximum absolute atomic E-state index is 13.9. The third-order valence-corrected chi connectivity index (χ3v) is 12.1. The highest BCUT2D eigenvalue weighted by atomic mass is 16.4. The average molecular weight is 976 g/mol. The van der Waals surface area contributed by atoms with Gasteiger partial charge in [0.25, 0.3) is 0 Å². The van der Waals surface area contributed by atoms with Gasteiger partial charge >= 0.3 is 5.97 Å². The minimum absolute atomic E-state index is 0.158. The number of rotatable bonds is 23. The molecule has 382 valence electrons. The first kappa shape index (κ1) is 54.9. The summed E-state index contributed by atoms with van der Waals surface area (Å²) in [6, 6.07) is -9.39. The Kier molecular flexibility index (Phi) is 20.3. The molecule has 69 heavy (non-hydrogen) atoms. The van der Waals surface area contributed by atoms with Gasteiger partial charge in [-0.2, -0.15) is 0 Å². The van der Waals surface area contributed by atoms with Crippen LogP contribution in [0.3, 0.4) is 0 Å². The maximum Gasteiger partial charge on any atom is 0.326 e. The Hall–Kier alpha value is -6.74. The van der Waals surface area contributed by atoms with Crippen molar-refractivity contribution in [2.75, 3.05) is 45.9 Å². The van der Waals surface area contributed by atoms with Crippen LogP contribution in [-0.4, -0.2) is 205 Å². The summed E-state index contributed by atoms with van der Waals surface area (Å²) in [6.45, 7) is 4.07. The maximum atomic E-state index is 13.9. The third-order valence-electron chi connectivity index (χ3n) is 12.1. The van der Waals surface area contributed by atoms with E-state index in [2.05, 4.69) is 47.2 Å². The first-order valence-corrected chi connectivity index (χ1v) is 22.8. The van der Waals surface area contributed by atoms with E-state index in [0.29, 0.717) is 25.0 Å². The molecule has 0 unspecified atom stereocenters. The monoisotopic (exact) mass is 975 g/mol. The predicted molar refractivity (Wildman–Crippen MR) is 238 cm³/mol. The molecule has 0 radical (unpaired) electrons. The fourth-order valence-electron chi connectivity index (χ4n) is 8.09. The molecule has 3 aliphatic rings. The molecule has 27 nitrogen and oxygen atoms in total. The van der Waals surface area contributed by atoms with Crippen LogP contribution in [0, 0.1) is 5.92 Å². The standard InChI is InChI=1S/C42H65N13O14/c1-21(2)33(43)39(65)51-26(19-56)36(62)47-18-31(59)53-11-5-9-28(53)38(64)49-22(3)35(61)46-17-32(60)54-12-7-10-29(54)41(67)55-13-6-8-27(55)37(63)45-16-30(58)52-34(23(4)57)40(66)50-25(42(68)69)14-24-15-44-20-48-24/h15,20-23,25-29,33-34,56-57H,5-14,16-19,43H2,1-4H3,(H,44,48)(H,45,63)(H,46,61)(H,47,62)(H,49,64)(H,50,66)(H,51,65)(H,52,58)(H,68,69)/t22-,23+,25-,26-,27-,28-,29-,33-,34-/m0/s1. The molecule has 1 aromatic rings. The van der Waals surface area contributed by atoms with E-state index in [-0.39, 0.29) is 51.2 Å². The van der Waals surface area contributed by atoms with Crippen LogP contribution in [0.15, 0.2) is 12.5 Å². The number of aromatic amines is 1. The normalized spacial score (nSPS) is 20.4. The number of hydrogen-bond donors (Lipinski definition) is 12. The fraction of sp³-hybridized carbons (Fsp3) is 0.667. The van der Waals surface area contributed by atoms with Crippen molar-refractivity contribution < 1.29 is 68.1 Å². The molecule has 1 aromatic heterocycles. The number of carboxylic acid groups (broad SMARTS) is 1. The number of H-pyrrole nitrogens is 1. The second-order valence-electron chi connectivity index (χ2n) is 17.5. The van der Waals surface area contributed by atoms with E-state index in [1.54, 1.807) is 13.8 Å². The molecule has 27 heteroatoms. The third kappa shape index (κ3) is 15.1. The van der Waals surface area contributed by atoms with Crippen molar-refractivity contribution in [1.82, 2.24) is 61.9 Å². The number of carbonyl (C=O) groups is 11. The molecule has 4 rings (SSSR count). The van der Waals surface area contributed by atoms with Gasteiger partial charge in [-0.3, -0.25) is 47.9 Å². The van der Waals surface area contributed by atoms with E-state index >= 15 is 0 Å². The number of likely N-dealkylation sites (tertiary alicyclic amines) is 3. The average Bonchev–Trinajstić information content (AvgIpc) is 4.17.